The maximum absolute atomic E-state index is 6.81. The molecule has 0 aliphatic carbocycles. The Morgan fingerprint density at radius 2 is 1.21 bits per heavy atom. The van der Waals surface area contributed by atoms with Crippen LogP contribution in [0.3, 0.4) is 0 Å². The van der Waals surface area contributed by atoms with Gasteiger partial charge >= 0.3 is 0 Å². The third kappa shape index (κ3) is 5.15. The van der Waals surface area contributed by atoms with E-state index in [1.807, 2.05) is 17.4 Å². The van der Waals surface area contributed by atoms with Gasteiger partial charge < -0.3 is 14.3 Å². The largest absolute Gasteiger partial charge is 0.454 e. The molecule has 11 aromatic rings. The van der Waals surface area contributed by atoms with Crippen molar-refractivity contribution in [3.8, 4) is 16.8 Å². The van der Waals surface area contributed by atoms with Crippen LogP contribution in [0.15, 0.2) is 191 Å². The zero-order valence-corrected chi connectivity index (χ0v) is 31.5. The van der Waals surface area contributed by atoms with E-state index in [0.717, 1.165) is 50.2 Å². The van der Waals surface area contributed by atoms with Crippen LogP contribution in [0.2, 0.25) is 0 Å². The van der Waals surface area contributed by atoms with Crippen molar-refractivity contribution in [2.45, 2.75) is 12.3 Å². The molecule has 0 saturated heterocycles. The Balaban J connectivity index is 0.964. The first-order chi connectivity index (χ1) is 28.2. The molecule has 1 aliphatic heterocycles. The second kappa shape index (κ2) is 12.8. The Morgan fingerprint density at radius 3 is 2.00 bits per heavy atom. The first kappa shape index (κ1) is 32.3. The number of fused-ring (bicyclic) bond motifs is 9. The summed E-state index contributed by atoms with van der Waals surface area (Å²) in [5, 5.41) is 14.6. The van der Waals surface area contributed by atoms with Gasteiger partial charge in [-0.1, -0.05) is 133 Å². The van der Waals surface area contributed by atoms with E-state index >= 15 is 0 Å². The molecule has 0 bridgehead atoms. The lowest BCUT2D eigenvalue weighted by Crippen LogP contribution is -2.44. The predicted octanol–water partition coefficient (Wildman–Crippen LogP) is 13.1. The van der Waals surface area contributed by atoms with Gasteiger partial charge in [0.1, 0.15) is 23.8 Å². The zero-order chi connectivity index (χ0) is 37.5. The molecular weight excluding hydrogens is 717 g/mol. The number of nitrogens with one attached hydrogen (secondary N) is 2. The van der Waals surface area contributed by atoms with E-state index < -0.39 is 0 Å². The summed E-state index contributed by atoms with van der Waals surface area (Å²) in [6.45, 7) is 0. The molecule has 4 heterocycles. The first-order valence-corrected chi connectivity index (χ1v) is 20.2. The van der Waals surface area contributed by atoms with Gasteiger partial charge in [0.05, 0.1) is 16.7 Å². The van der Waals surface area contributed by atoms with E-state index in [1.165, 1.54) is 53.1 Å². The number of furan rings is 1. The predicted molar refractivity (Wildman–Crippen MR) is 238 cm³/mol. The molecule has 0 amide bonds. The summed E-state index contributed by atoms with van der Waals surface area (Å²) in [6.07, 6.45) is -0.258. The second-order valence-electron chi connectivity index (χ2n) is 14.8. The summed E-state index contributed by atoms with van der Waals surface area (Å²) in [4.78, 5) is 5.21. The van der Waals surface area contributed by atoms with Crippen LogP contribution in [0.4, 0.5) is 0 Å². The number of thiophene rings is 1. The molecule has 6 heteroatoms. The Kier molecular flexibility index (Phi) is 7.24. The highest BCUT2D eigenvalue weighted by atomic mass is 32.1. The van der Waals surface area contributed by atoms with Crippen molar-refractivity contribution in [2.75, 3.05) is 0 Å². The maximum Gasteiger partial charge on any atom is 0.159 e. The third-order valence-electron chi connectivity index (χ3n) is 11.5. The number of amidine groups is 1. The van der Waals surface area contributed by atoms with Gasteiger partial charge in [0.2, 0.25) is 0 Å². The molecule has 5 nitrogen and oxygen atoms in total. The number of hydrogen-bond acceptors (Lipinski definition) is 5. The molecule has 2 atom stereocenters. The monoisotopic (exact) mass is 750 g/mol. The van der Waals surface area contributed by atoms with Crippen molar-refractivity contribution >= 4 is 81.1 Å². The molecule has 8 aromatic carbocycles. The highest BCUT2D eigenvalue weighted by Crippen LogP contribution is 2.43. The fraction of sp³-hybridized carbons (Fsp3) is 0.0392. The van der Waals surface area contributed by atoms with Crippen LogP contribution in [0.25, 0.3) is 80.7 Å². The zero-order valence-electron chi connectivity index (χ0n) is 30.7. The average Bonchev–Trinajstić information content (AvgIpc) is 3.96. The molecule has 2 N–H and O–H groups in total. The Hall–Kier alpha value is -6.99. The van der Waals surface area contributed by atoms with E-state index in [4.69, 9.17) is 9.41 Å². The Morgan fingerprint density at radius 1 is 0.526 bits per heavy atom. The number of para-hydroxylation sites is 3. The summed E-state index contributed by atoms with van der Waals surface area (Å²) >= 11 is 1.84. The molecule has 12 rings (SSSR count). The van der Waals surface area contributed by atoms with Crippen LogP contribution < -0.4 is 10.6 Å². The van der Waals surface area contributed by atoms with Gasteiger partial charge in [0.15, 0.2) is 5.58 Å². The van der Waals surface area contributed by atoms with E-state index in [0.29, 0.717) is 0 Å². The van der Waals surface area contributed by atoms with Crippen LogP contribution >= 0.6 is 11.3 Å². The van der Waals surface area contributed by atoms with E-state index in [1.54, 1.807) is 0 Å². The number of benzene rings is 8. The number of rotatable bonds is 5. The Labute approximate surface area is 332 Å². The first-order valence-electron chi connectivity index (χ1n) is 19.4. The molecule has 0 radical (unpaired) electrons. The highest BCUT2D eigenvalue weighted by Gasteiger charge is 2.26. The second-order valence-corrected chi connectivity index (χ2v) is 15.9. The van der Waals surface area contributed by atoms with Crippen molar-refractivity contribution < 1.29 is 4.42 Å². The maximum atomic E-state index is 6.81. The molecule has 1 aliphatic rings. The molecule has 0 spiro atoms. The van der Waals surface area contributed by atoms with Crippen LogP contribution in [0, 0.1) is 0 Å². The summed E-state index contributed by atoms with van der Waals surface area (Å²) < 4.78 is 11.7. The molecule has 270 valence electrons. The van der Waals surface area contributed by atoms with Crippen molar-refractivity contribution in [3.63, 3.8) is 0 Å². The number of hydrogen-bond donors (Lipinski definition) is 2. The van der Waals surface area contributed by atoms with Gasteiger partial charge in [-0.05, 0) is 70.8 Å². The molecular formula is C51H34N4OS. The lowest BCUT2D eigenvalue weighted by atomic mass is 9.98. The summed E-state index contributed by atoms with van der Waals surface area (Å²) in [5.74, 6) is 0.883. The lowest BCUT2D eigenvalue weighted by molar-refractivity contribution is 0.409. The topological polar surface area (TPSA) is 54.5 Å². The molecule has 3 aromatic heterocycles. The fourth-order valence-electron chi connectivity index (χ4n) is 8.85. The summed E-state index contributed by atoms with van der Waals surface area (Å²) in [5.41, 5.74) is 10.9. The van der Waals surface area contributed by atoms with E-state index in [2.05, 4.69) is 191 Å². The van der Waals surface area contributed by atoms with Gasteiger partial charge in [0, 0.05) is 47.3 Å². The van der Waals surface area contributed by atoms with Gasteiger partial charge in [-0.15, -0.1) is 11.3 Å². The molecule has 0 saturated carbocycles. The van der Waals surface area contributed by atoms with Crippen LogP contribution in [0.1, 0.15) is 29.0 Å². The van der Waals surface area contributed by atoms with Crippen LogP contribution in [-0.4, -0.2) is 10.4 Å². The highest BCUT2D eigenvalue weighted by molar-refractivity contribution is 7.25. The number of aliphatic imine (C=N–C) groups is 1. The van der Waals surface area contributed by atoms with Crippen LogP contribution in [-0.2, 0) is 0 Å². The molecule has 2 unspecified atom stereocenters. The Bertz CT molecular complexity index is 3320. The van der Waals surface area contributed by atoms with Crippen molar-refractivity contribution in [3.05, 3.63) is 199 Å². The van der Waals surface area contributed by atoms with Gasteiger partial charge in [0.25, 0.3) is 0 Å². The quantitative estimate of drug-likeness (QED) is 0.184. The third-order valence-corrected chi connectivity index (χ3v) is 12.6. The van der Waals surface area contributed by atoms with Gasteiger partial charge in [-0.3, -0.25) is 5.32 Å². The number of aromatic nitrogens is 1. The van der Waals surface area contributed by atoms with Crippen molar-refractivity contribution in [1.82, 2.24) is 15.2 Å². The standard InChI is InChI=1S/C51H34N4OS/c1-3-13-31(14-4-1)49-52-50(32-15-5-2-6-16-32)54-51(53-49)34-26-28-45-40(29-34)38-27-25-33(30-46(38)57-45)35-19-12-24-44-47(35)39-20-11-23-43(48(39)56-44)55-41-21-9-7-17-36(41)37-18-8-10-22-42(37)55/h1-30,49-50,52H,(H,53,54). The average molecular weight is 751 g/mol. The molecule has 57 heavy (non-hydrogen) atoms. The number of nitrogens with zero attached hydrogens (tertiary/aromatic N) is 2. The SMILES string of the molecule is c1ccc(C2N=C(c3ccc4sc5cc(-c6cccc7oc8c(-n9c%10ccccc%10c%10ccccc%109)cccc8c67)ccc5c4c3)NC(c3ccccc3)N2)cc1. The van der Waals surface area contributed by atoms with E-state index in [-0.39, 0.29) is 12.3 Å². The van der Waals surface area contributed by atoms with Gasteiger partial charge in [-0.25, -0.2) is 4.99 Å². The minimum atomic E-state index is -0.176. The summed E-state index contributed by atoms with van der Waals surface area (Å²) in [6, 6.07) is 64.9. The smallest absolute Gasteiger partial charge is 0.159 e. The summed E-state index contributed by atoms with van der Waals surface area (Å²) in [7, 11) is 0. The van der Waals surface area contributed by atoms with E-state index in [9.17, 15) is 0 Å². The van der Waals surface area contributed by atoms with Crippen LogP contribution in [0.5, 0.6) is 0 Å². The fourth-order valence-corrected chi connectivity index (χ4v) is 9.98. The minimum absolute atomic E-state index is 0.0823. The van der Waals surface area contributed by atoms with Gasteiger partial charge in [-0.2, -0.15) is 0 Å². The normalized spacial score (nSPS) is 15.9. The lowest BCUT2D eigenvalue weighted by Gasteiger charge is -2.32. The minimum Gasteiger partial charge on any atom is -0.454 e. The molecule has 0 fully saturated rings. The van der Waals surface area contributed by atoms with Crippen molar-refractivity contribution in [1.29, 1.82) is 0 Å². The van der Waals surface area contributed by atoms with Crippen molar-refractivity contribution in [2.24, 2.45) is 4.99 Å².